The summed E-state index contributed by atoms with van der Waals surface area (Å²) in [7, 11) is 1.49. The molecule has 3 aromatic heterocycles. The zero-order valence-corrected chi connectivity index (χ0v) is 18.2. The first-order valence-corrected chi connectivity index (χ1v) is 10.6. The number of aromatic nitrogens is 2. The number of amides is 2. The number of rotatable bonds is 7. The summed E-state index contributed by atoms with van der Waals surface area (Å²) in [4.78, 5) is 34.2. The standard InChI is InChI=1S/C23H20N4O4S/c1-14-18(27-23(31-14)20-6-4-10-32-20)12-21(28)25-16-7-8-17(19(11-16)30-2)26-22(29)15-5-3-9-24-13-15/h3-11,13H,12H2,1-2H3,(H,25,28)(H,26,29). The van der Waals surface area contributed by atoms with E-state index in [9.17, 15) is 9.59 Å². The molecule has 0 unspecified atom stereocenters. The van der Waals surface area contributed by atoms with E-state index in [1.165, 1.54) is 24.6 Å². The van der Waals surface area contributed by atoms with E-state index in [1.807, 2.05) is 17.5 Å². The molecule has 9 heteroatoms. The molecule has 3 heterocycles. The maximum Gasteiger partial charge on any atom is 0.257 e. The lowest BCUT2D eigenvalue weighted by atomic mass is 10.2. The van der Waals surface area contributed by atoms with Gasteiger partial charge in [0.2, 0.25) is 11.8 Å². The second-order valence-corrected chi connectivity index (χ2v) is 7.78. The number of aryl methyl sites for hydroxylation is 1. The number of anilines is 2. The van der Waals surface area contributed by atoms with Crippen molar-refractivity contribution in [3.8, 4) is 16.5 Å². The van der Waals surface area contributed by atoms with Crippen LogP contribution in [-0.2, 0) is 11.2 Å². The van der Waals surface area contributed by atoms with Crippen molar-refractivity contribution in [2.24, 2.45) is 0 Å². The third-order valence-electron chi connectivity index (χ3n) is 4.61. The predicted octanol–water partition coefficient (Wildman–Crippen LogP) is 4.55. The number of ether oxygens (including phenoxy) is 1. The highest BCUT2D eigenvalue weighted by molar-refractivity contribution is 7.13. The lowest BCUT2D eigenvalue weighted by Gasteiger charge is -2.12. The Bertz CT molecular complexity index is 1240. The normalized spacial score (nSPS) is 10.6. The van der Waals surface area contributed by atoms with E-state index in [-0.39, 0.29) is 18.2 Å². The lowest BCUT2D eigenvalue weighted by Crippen LogP contribution is -2.16. The van der Waals surface area contributed by atoms with E-state index < -0.39 is 0 Å². The monoisotopic (exact) mass is 448 g/mol. The van der Waals surface area contributed by atoms with E-state index in [1.54, 1.807) is 43.5 Å². The quantitative estimate of drug-likeness (QED) is 0.430. The van der Waals surface area contributed by atoms with E-state index in [0.717, 1.165) is 4.88 Å². The first-order chi connectivity index (χ1) is 15.5. The van der Waals surface area contributed by atoms with Crippen molar-refractivity contribution in [2.45, 2.75) is 13.3 Å². The number of thiophene rings is 1. The van der Waals surface area contributed by atoms with Crippen LogP contribution in [0.25, 0.3) is 10.8 Å². The maximum atomic E-state index is 12.6. The number of pyridine rings is 1. The molecule has 8 nitrogen and oxygen atoms in total. The second kappa shape index (κ2) is 9.44. The average Bonchev–Trinajstić information content (AvgIpc) is 3.45. The van der Waals surface area contributed by atoms with Gasteiger partial charge in [-0.15, -0.1) is 11.3 Å². The smallest absolute Gasteiger partial charge is 0.257 e. The molecule has 0 aliphatic rings. The number of carbonyl (C=O) groups excluding carboxylic acids is 2. The summed E-state index contributed by atoms with van der Waals surface area (Å²) in [5.41, 5.74) is 2.02. The third-order valence-corrected chi connectivity index (χ3v) is 5.47. The summed E-state index contributed by atoms with van der Waals surface area (Å²) in [5.74, 6) is 0.979. The first-order valence-electron chi connectivity index (χ1n) is 9.73. The number of nitrogens with one attached hydrogen (secondary N) is 2. The van der Waals surface area contributed by atoms with Gasteiger partial charge < -0.3 is 19.8 Å². The Morgan fingerprint density at radius 3 is 2.75 bits per heavy atom. The number of methoxy groups -OCH3 is 1. The van der Waals surface area contributed by atoms with Crippen LogP contribution in [0.1, 0.15) is 21.8 Å². The van der Waals surface area contributed by atoms with Gasteiger partial charge in [0.25, 0.3) is 5.91 Å². The van der Waals surface area contributed by atoms with Gasteiger partial charge in [0.15, 0.2) is 0 Å². The van der Waals surface area contributed by atoms with Gasteiger partial charge in [-0.05, 0) is 42.6 Å². The number of hydrogen-bond donors (Lipinski definition) is 2. The molecule has 2 amide bonds. The second-order valence-electron chi connectivity index (χ2n) is 6.84. The van der Waals surface area contributed by atoms with Gasteiger partial charge in [-0.2, -0.15) is 0 Å². The fourth-order valence-electron chi connectivity index (χ4n) is 3.02. The summed E-state index contributed by atoms with van der Waals surface area (Å²) in [6.07, 6.45) is 3.15. The third kappa shape index (κ3) is 4.84. The maximum absolute atomic E-state index is 12.6. The fraction of sp³-hybridized carbons (Fsp3) is 0.130. The van der Waals surface area contributed by atoms with Crippen LogP contribution in [0.5, 0.6) is 5.75 Å². The van der Waals surface area contributed by atoms with Crippen molar-refractivity contribution in [2.75, 3.05) is 17.7 Å². The first kappa shape index (κ1) is 21.3. The van der Waals surface area contributed by atoms with E-state index in [2.05, 4.69) is 20.6 Å². The number of nitrogens with zero attached hydrogens (tertiary/aromatic N) is 2. The molecule has 0 saturated heterocycles. The Balaban J connectivity index is 1.43. The highest BCUT2D eigenvalue weighted by Crippen LogP contribution is 2.29. The number of carbonyl (C=O) groups is 2. The van der Waals surface area contributed by atoms with Crippen LogP contribution in [-0.4, -0.2) is 28.9 Å². The molecule has 4 aromatic rings. The van der Waals surface area contributed by atoms with Gasteiger partial charge in [0.05, 0.1) is 35.4 Å². The van der Waals surface area contributed by atoms with Crippen LogP contribution < -0.4 is 15.4 Å². The average molecular weight is 449 g/mol. The summed E-state index contributed by atoms with van der Waals surface area (Å²) < 4.78 is 11.1. The largest absolute Gasteiger partial charge is 0.494 e. The lowest BCUT2D eigenvalue weighted by molar-refractivity contribution is -0.115. The van der Waals surface area contributed by atoms with E-state index in [4.69, 9.17) is 9.15 Å². The molecule has 1 aromatic carbocycles. The van der Waals surface area contributed by atoms with E-state index in [0.29, 0.717) is 40.0 Å². The van der Waals surface area contributed by atoms with Gasteiger partial charge in [0, 0.05) is 24.1 Å². The molecule has 0 aliphatic heterocycles. The Kier molecular flexibility index (Phi) is 6.27. The predicted molar refractivity (Wildman–Crippen MR) is 122 cm³/mol. The number of benzene rings is 1. The van der Waals surface area contributed by atoms with Gasteiger partial charge in [0.1, 0.15) is 11.5 Å². The molecule has 0 radical (unpaired) electrons. The molecule has 4 rings (SSSR count). The van der Waals surface area contributed by atoms with Crippen molar-refractivity contribution < 1.29 is 18.7 Å². The SMILES string of the molecule is COc1cc(NC(=O)Cc2nc(-c3cccs3)oc2C)ccc1NC(=O)c1cccnc1. The molecular weight excluding hydrogens is 428 g/mol. The fourth-order valence-corrected chi connectivity index (χ4v) is 3.67. The van der Waals surface area contributed by atoms with Crippen molar-refractivity contribution >= 4 is 34.5 Å². The van der Waals surface area contributed by atoms with Crippen LogP contribution in [0, 0.1) is 6.92 Å². The summed E-state index contributed by atoms with van der Waals surface area (Å²) in [5, 5.41) is 7.55. The van der Waals surface area contributed by atoms with Gasteiger partial charge >= 0.3 is 0 Å². The van der Waals surface area contributed by atoms with Crippen LogP contribution in [0.15, 0.2) is 64.7 Å². The zero-order valence-electron chi connectivity index (χ0n) is 17.4. The highest BCUT2D eigenvalue weighted by atomic mass is 32.1. The number of hydrogen-bond acceptors (Lipinski definition) is 7. The Labute approximate surface area is 188 Å². The van der Waals surface area contributed by atoms with Gasteiger partial charge in [-0.3, -0.25) is 14.6 Å². The minimum atomic E-state index is -0.309. The number of oxazole rings is 1. The molecule has 0 fully saturated rings. The Hall–Kier alpha value is -3.98. The van der Waals surface area contributed by atoms with Gasteiger partial charge in [-0.25, -0.2) is 4.98 Å². The minimum absolute atomic E-state index is 0.0719. The Morgan fingerprint density at radius 1 is 1.16 bits per heavy atom. The molecule has 0 atom stereocenters. The summed E-state index contributed by atoms with van der Waals surface area (Å²) >= 11 is 1.52. The topological polar surface area (TPSA) is 106 Å². The summed E-state index contributed by atoms with van der Waals surface area (Å²) in [6, 6.07) is 12.2. The Morgan fingerprint density at radius 2 is 2.03 bits per heavy atom. The van der Waals surface area contributed by atoms with Gasteiger partial charge in [-0.1, -0.05) is 6.07 Å². The van der Waals surface area contributed by atoms with Crippen LogP contribution in [0.3, 0.4) is 0 Å². The van der Waals surface area contributed by atoms with E-state index >= 15 is 0 Å². The molecule has 0 spiro atoms. The molecule has 0 saturated carbocycles. The van der Waals surface area contributed by atoms with Crippen molar-refractivity contribution in [1.82, 2.24) is 9.97 Å². The molecule has 2 N–H and O–H groups in total. The van der Waals surface area contributed by atoms with Crippen molar-refractivity contribution in [3.63, 3.8) is 0 Å². The van der Waals surface area contributed by atoms with Crippen molar-refractivity contribution in [3.05, 3.63) is 77.3 Å². The minimum Gasteiger partial charge on any atom is -0.494 e. The highest BCUT2D eigenvalue weighted by Gasteiger charge is 2.16. The molecule has 0 aliphatic carbocycles. The molecular formula is C23H20N4O4S. The summed E-state index contributed by atoms with van der Waals surface area (Å²) in [6.45, 7) is 1.79. The molecule has 0 bridgehead atoms. The van der Waals surface area contributed by atoms with Crippen LogP contribution >= 0.6 is 11.3 Å². The van der Waals surface area contributed by atoms with Crippen LogP contribution in [0.4, 0.5) is 11.4 Å². The van der Waals surface area contributed by atoms with Crippen molar-refractivity contribution in [1.29, 1.82) is 0 Å². The molecule has 32 heavy (non-hydrogen) atoms. The van der Waals surface area contributed by atoms with Crippen LogP contribution in [0.2, 0.25) is 0 Å². The molecule has 162 valence electrons. The zero-order chi connectivity index (χ0) is 22.5.